The van der Waals surface area contributed by atoms with Gasteiger partial charge in [0.2, 0.25) is 6.79 Å². The van der Waals surface area contributed by atoms with E-state index in [4.69, 9.17) is 14.2 Å². The molecular weight excluding hydrogens is 266 g/mol. The van der Waals surface area contributed by atoms with Crippen molar-refractivity contribution in [3.8, 4) is 11.5 Å². The lowest BCUT2D eigenvalue weighted by molar-refractivity contribution is -0.385. The molecule has 7 nitrogen and oxygen atoms in total. The Morgan fingerprint density at radius 1 is 1.45 bits per heavy atom. The number of allylic oxidation sites excluding steroid dienone is 1. The molecule has 0 aliphatic carbocycles. The molecule has 1 aromatic carbocycles. The summed E-state index contributed by atoms with van der Waals surface area (Å²) < 4.78 is 15.0. The lowest BCUT2D eigenvalue weighted by atomic mass is 10.1. The van der Waals surface area contributed by atoms with Crippen LogP contribution in [-0.4, -0.2) is 24.3 Å². The number of hydrogen-bond acceptors (Lipinski definition) is 6. The van der Waals surface area contributed by atoms with Gasteiger partial charge >= 0.3 is 5.97 Å². The Balaban J connectivity index is 2.18. The summed E-state index contributed by atoms with van der Waals surface area (Å²) in [5.74, 6) is 0.348. The van der Waals surface area contributed by atoms with E-state index >= 15 is 0 Å². The van der Waals surface area contributed by atoms with Gasteiger partial charge < -0.3 is 14.2 Å². The van der Waals surface area contributed by atoms with Crippen LogP contribution in [-0.2, 0) is 16.0 Å². The third-order valence-corrected chi connectivity index (χ3v) is 2.65. The number of rotatable bonds is 5. The van der Waals surface area contributed by atoms with Crippen molar-refractivity contribution in [1.82, 2.24) is 0 Å². The highest BCUT2D eigenvalue weighted by atomic mass is 16.7. The molecule has 0 N–H and O–H groups in total. The van der Waals surface area contributed by atoms with E-state index < -0.39 is 10.9 Å². The van der Waals surface area contributed by atoms with Gasteiger partial charge in [-0.05, 0) is 19.4 Å². The molecule has 7 heteroatoms. The van der Waals surface area contributed by atoms with Crippen LogP contribution < -0.4 is 9.47 Å². The standard InChI is InChI=1S/C13H13NO6/c1-2-18-13(15)5-3-4-9-6-11-12(20-8-19-11)7-10(9)14(16)17/h3,5-7H,2,4,8H2,1H3. The van der Waals surface area contributed by atoms with E-state index in [0.29, 0.717) is 17.1 Å². The third-order valence-electron chi connectivity index (χ3n) is 2.65. The number of esters is 1. The first-order chi connectivity index (χ1) is 9.61. The second-order valence-corrected chi connectivity index (χ2v) is 3.95. The average molecular weight is 279 g/mol. The zero-order valence-corrected chi connectivity index (χ0v) is 10.8. The van der Waals surface area contributed by atoms with E-state index in [0.717, 1.165) is 0 Å². The van der Waals surface area contributed by atoms with Gasteiger partial charge in [-0.3, -0.25) is 10.1 Å². The van der Waals surface area contributed by atoms with Crippen LogP contribution in [0.5, 0.6) is 11.5 Å². The van der Waals surface area contributed by atoms with E-state index in [2.05, 4.69) is 0 Å². The summed E-state index contributed by atoms with van der Waals surface area (Å²) in [7, 11) is 0. The van der Waals surface area contributed by atoms with E-state index in [-0.39, 0.29) is 25.5 Å². The number of nitro groups is 1. The van der Waals surface area contributed by atoms with E-state index in [9.17, 15) is 14.9 Å². The first kappa shape index (κ1) is 13.9. The van der Waals surface area contributed by atoms with Crippen molar-refractivity contribution in [3.63, 3.8) is 0 Å². The van der Waals surface area contributed by atoms with Gasteiger partial charge in [0.25, 0.3) is 5.69 Å². The second kappa shape index (κ2) is 6.05. The molecule has 2 rings (SSSR count). The molecule has 0 fully saturated rings. The zero-order valence-electron chi connectivity index (χ0n) is 10.8. The van der Waals surface area contributed by atoms with Crippen molar-refractivity contribution >= 4 is 11.7 Å². The predicted molar refractivity (Wildman–Crippen MR) is 68.7 cm³/mol. The lowest BCUT2D eigenvalue weighted by Crippen LogP contribution is -1.99. The fraction of sp³-hybridized carbons (Fsp3) is 0.308. The largest absolute Gasteiger partial charge is 0.463 e. The van der Waals surface area contributed by atoms with Gasteiger partial charge in [-0.1, -0.05) is 6.08 Å². The smallest absolute Gasteiger partial charge is 0.330 e. The molecule has 0 spiro atoms. The first-order valence-electron chi connectivity index (χ1n) is 6.02. The van der Waals surface area contributed by atoms with Gasteiger partial charge in [0.1, 0.15) is 0 Å². The molecule has 1 aliphatic heterocycles. The van der Waals surface area contributed by atoms with Crippen molar-refractivity contribution in [2.75, 3.05) is 13.4 Å². The Kier molecular flexibility index (Phi) is 4.19. The Bertz CT molecular complexity index is 566. The van der Waals surface area contributed by atoms with Crippen LogP contribution in [0, 0.1) is 10.1 Å². The minimum atomic E-state index is -0.491. The normalized spacial score (nSPS) is 12.7. The highest BCUT2D eigenvalue weighted by Gasteiger charge is 2.22. The van der Waals surface area contributed by atoms with Crippen LogP contribution in [0.25, 0.3) is 0 Å². The quantitative estimate of drug-likeness (QED) is 0.354. The summed E-state index contributed by atoms with van der Waals surface area (Å²) in [6.45, 7) is 2.04. The van der Waals surface area contributed by atoms with Gasteiger partial charge in [0, 0.05) is 11.6 Å². The van der Waals surface area contributed by atoms with Crippen LogP contribution in [0.2, 0.25) is 0 Å². The molecule has 1 aromatic rings. The van der Waals surface area contributed by atoms with Crippen LogP contribution in [0.1, 0.15) is 12.5 Å². The van der Waals surface area contributed by atoms with E-state index in [1.807, 2.05) is 0 Å². The number of benzene rings is 1. The van der Waals surface area contributed by atoms with Gasteiger partial charge in [0.15, 0.2) is 11.5 Å². The number of fused-ring (bicyclic) bond motifs is 1. The molecule has 0 radical (unpaired) electrons. The maximum absolute atomic E-state index is 11.2. The molecule has 106 valence electrons. The number of nitro benzene ring substituents is 1. The molecule has 1 heterocycles. The molecule has 20 heavy (non-hydrogen) atoms. The maximum atomic E-state index is 11.2. The van der Waals surface area contributed by atoms with Gasteiger partial charge in [0.05, 0.1) is 17.6 Å². The summed E-state index contributed by atoms with van der Waals surface area (Å²) in [5, 5.41) is 11.0. The molecule has 0 atom stereocenters. The zero-order chi connectivity index (χ0) is 14.5. The van der Waals surface area contributed by atoms with Crippen molar-refractivity contribution in [1.29, 1.82) is 0 Å². The Labute approximate surface area is 114 Å². The second-order valence-electron chi connectivity index (χ2n) is 3.95. The summed E-state index contributed by atoms with van der Waals surface area (Å²) in [4.78, 5) is 21.7. The van der Waals surface area contributed by atoms with E-state index in [1.165, 1.54) is 18.2 Å². The summed E-state index contributed by atoms with van der Waals surface area (Å²) in [5.41, 5.74) is 0.377. The molecule has 0 unspecified atom stereocenters. The molecule has 0 bridgehead atoms. The van der Waals surface area contributed by atoms with Crippen LogP contribution in [0.3, 0.4) is 0 Å². The Hall–Kier alpha value is -2.57. The number of nitrogens with zero attached hydrogens (tertiary/aromatic N) is 1. The van der Waals surface area contributed by atoms with Gasteiger partial charge in [-0.2, -0.15) is 0 Å². The Morgan fingerprint density at radius 3 is 2.80 bits per heavy atom. The molecule has 0 saturated carbocycles. The lowest BCUT2D eigenvalue weighted by Gasteiger charge is -2.02. The first-order valence-corrected chi connectivity index (χ1v) is 6.02. The van der Waals surface area contributed by atoms with E-state index in [1.54, 1.807) is 13.0 Å². The molecule has 0 amide bonds. The molecular formula is C13H13NO6. The minimum Gasteiger partial charge on any atom is -0.463 e. The highest BCUT2D eigenvalue weighted by Crippen LogP contribution is 2.38. The number of ether oxygens (including phenoxy) is 3. The van der Waals surface area contributed by atoms with Crippen LogP contribution in [0.15, 0.2) is 24.3 Å². The topological polar surface area (TPSA) is 87.9 Å². The number of hydrogen-bond donors (Lipinski definition) is 0. The van der Waals surface area contributed by atoms with Gasteiger partial charge in [-0.15, -0.1) is 0 Å². The molecule has 0 aromatic heterocycles. The third kappa shape index (κ3) is 3.05. The fourth-order valence-electron chi connectivity index (χ4n) is 1.78. The molecule has 0 saturated heterocycles. The monoisotopic (exact) mass is 279 g/mol. The Morgan fingerprint density at radius 2 is 2.15 bits per heavy atom. The maximum Gasteiger partial charge on any atom is 0.330 e. The average Bonchev–Trinajstić information content (AvgIpc) is 2.85. The summed E-state index contributed by atoms with van der Waals surface area (Å²) in [6, 6.07) is 2.88. The van der Waals surface area contributed by atoms with Crippen LogP contribution >= 0.6 is 0 Å². The predicted octanol–water partition coefficient (Wildman–Crippen LogP) is 1.99. The number of carbonyl (C=O) groups is 1. The van der Waals surface area contributed by atoms with Crippen molar-refractivity contribution < 1.29 is 23.9 Å². The summed E-state index contributed by atoms with van der Waals surface area (Å²) >= 11 is 0. The van der Waals surface area contributed by atoms with Crippen molar-refractivity contribution in [2.45, 2.75) is 13.3 Å². The number of carbonyl (C=O) groups excluding carboxylic acids is 1. The van der Waals surface area contributed by atoms with Crippen molar-refractivity contribution in [2.24, 2.45) is 0 Å². The van der Waals surface area contributed by atoms with Crippen LogP contribution in [0.4, 0.5) is 5.69 Å². The minimum absolute atomic E-state index is 0.0502. The van der Waals surface area contributed by atoms with Crippen molar-refractivity contribution in [3.05, 3.63) is 40.0 Å². The highest BCUT2D eigenvalue weighted by molar-refractivity contribution is 5.81. The van der Waals surface area contributed by atoms with Gasteiger partial charge in [-0.25, -0.2) is 4.79 Å². The SMILES string of the molecule is CCOC(=O)C=CCc1cc2c(cc1[N+](=O)[O-])OCO2. The summed E-state index contributed by atoms with van der Waals surface area (Å²) in [6.07, 6.45) is 2.99. The molecule has 1 aliphatic rings. The fourth-order valence-corrected chi connectivity index (χ4v) is 1.78.